The van der Waals surface area contributed by atoms with E-state index in [2.05, 4.69) is 36.1 Å². The third kappa shape index (κ3) is 4.11. The first-order valence-corrected chi connectivity index (χ1v) is 10.4. The van der Waals surface area contributed by atoms with E-state index in [1.54, 1.807) is 24.4 Å². The monoisotopic (exact) mass is 443 g/mol. The van der Waals surface area contributed by atoms with E-state index >= 15 is 0 Å². The first-order valence-electron chi connectivity index (χ1n) is 10.4. The summed E-state index contributed by atoms with van der Waals surface area (Å²) in [6.45, 7) is 1.77. The summed E-state index contributed by atoms with van der Waals surface area (Å²) in [5.74, 6) is 1.25. The maximum atomic E-state index is 12.0. The van der Waals surface area contributed by atoms with Crippen molar-refractivity contribution in [3.05, 3.63) is 77.9 Å². The number of anilines is 3. The number of nitrogens with one attached hydrogen (secondary N) is 3. The highest BCUT2D eigenvalue weighted by atomic mass is 16.5. The van der Waals surface area contributed by atoms with E-state index in [1.165, 1.54) is 6.33 Å². The van der Waals surface area contributed by atoms with Crippen LogP contribution in [0.1, 0.15) is 40.6 Å². The molecule has 1 unspecified atom stereocenters. The summed E-state index contributed by atoms with van der Waals surface area (Å²) in [6.07, 6.45) is 2.93. The van der Waals surface area contributed by atoms with E-state index in [0.717, 1.165) is 5.56 Å². The third-order valence-corrected chi connectivity index (χ3v) is 5.39. The maximum Gasteiger partial charge on any atom is 0.261 e. The van der Waals surface area contributed by atoms with Crippen LogP contribution in [0.3, 0.4) is 0 Å². The topological polar surface area (TPSA) is 138 Å². The molecular weight excluding hydrogens is 422 g/mol. The van der Waals surface area contributed by atoms with Gasteiger partial charge in [-0.2, -0.15) is 4.98 Å². The van der Waals surface area contributed by atoms with Crippen LogP contribution in [0.4, 0.5) is 17.3 Å². The highest BCUT2D eigenvalue weighted by molar-refractivity contribution is 5.98. The molecule has 4 N–H and O–H groups in total. The molecule has 0 aliphatic carbocycles. The zero-order chi connectivity index (χ0) is 22.8. The number of hydrogen-bond acceptors (Lipinski definition) is 9. The number of benzene rings is 1. The Balaban J connectivity index is 1.47. The number of carbonyl (C=O) groups excluding carboxylic acids is 1. The fourth-order valence-corrected chi connectivity index (χ4v) is 3.75. The molecule has 0 saturated heterocycles. The van der Waals surface area contributed by atoms with E-state index in [1.807, 2.05) is 37.3 Å². The molecule has 33 heavy (non-hydrogen) atoms. The molecule has 4 heterocycles. The van der Waals surface area contributed by atoms with Gasteiger partial charge in [-0.15, -0.1) is 0 Å². The minimum Gasteiger partial charge on any atom is -0.394 e. The van der Waals surface area contributed by atoms with Crippen LogP contribution in [0.15, 0.2) is 65.6 Å². The number of nitrogens with zero attached hydrogens (tertiary/aromatic N) is 4. The van der Waals surface area contributed by atoms with Crippen molar-refractivity contribution in [3.63, 3.8) is 0 Å². The first-order chi connectivity index (χ1) is 16.1. The number of pyridine rings is 2. The number of aliphatic hydroxyl groups excluding tert-OH is 1. The molecule has 1 amide bonds. The summed E-state index contributed by atoms with van der Waals surface area (Å²) in [7, 11) is 0. The van der Waals surface area contributed by atoms with E-state index < -0.39 is 0 Å². The van der Waals surface area contributed by atoms with Crippen LogP contribution in [0.2, 0.25) is 0 Å². The van der Waals surface area contributed by atoms with Gasteiger partial charge in [0.1, 0.15) is 11.6 Å². The molecule has 0 radical (unpaired) electrons. The van der Waals surface area contributed by atoms with Gasteiger partial charge in [0.25, 0.3) is 11.8 Å². The van der Waals surface area contributed by atoms with Crippen LogP contribution in [0.25, 0.3) is 11.5 Å². The van der Waals surface area contributed by atoms with Crippen molar-refractivity contribution in [3.8, 4) is 11.5 Å². The highest BCUT2D eigenvalue weighted by Gasteiger charge is 2.27. The van der Waals surface area contributed by atoms with Crippen molar-refractivity contribution >= 4 is 23.2 Å². The average Bonchev–Trinajstić information content (AvgIpc) is 3.46. The Morgan fingerprint density at radius 3 is 2.73 bits per heavy atom. The van der Waals surface area contributed by atoms with Gasteiger partial charge in [0.2, 0.25) is 0 Å². The van der Waals surface area contributed by atoms with Crippen LogP contribution < -0.4 is 16.0 Å². The van der Waals surface area contributed by atoms with Crippen LogP contribution in [-0.2, 0) is 0 Å². The lowest BCUT2D eigenvalue weighted by Crippen LogP contribution is -2.16. The number of fused-ring (bicyclic) bond motifs is 1. The number of hydrogen-bond donors (Lipinski definition) is 4. The van der Waals surface area contributed by atoms with Gasteiger partial charge in [-0.1, -0.05) is 35.5 Å². The average molecular weight is 443 g/mol. The Labute approximate surface area is 189 Å². The van der Waals surface area contributed by atoms with Gasteiger partial charge in [0.15, 0.2) is 6.33 Å². The normalized spacial score (nSPS) is 15.6. The summed E-state index contributed by atoms with van der Waals surface area (Å²) in [6, 6.07) is 14.4. The zero-order valence-electron chi connectivity index (χ0n) is 17.7. The lowest BCUT2D eigenvalue weighted by atomic mass is 10.1. The SMILES string of the molecule is CC1NC(=O)c2ccc(Nc3cc(N[C@H](CO)c4ccccc4)c(-c4ncno4)cn3)nc21. The Hall–Kier alpha value is -4.31. The standard InChI is InChI=1S/C23H21N7O3/c1-13-21-15(22(32)27-13)7-8-19(30-21)29-20-9-17(16(10-24-20)23-25-12-26-33-23)28-18(11-31)14-5-3-2-4-6-14/h2-10,12-13,18,31H,11H2,1H3,(H,27,32)(H2,24,28,29,30)/t13?,18-/m1/s1. The first kappa shape index (κ1) is 20.6. The van der Waals surface area contributed by atoms with Crippen LogP contribution in [0, 0.1) is 0 Å². The van der Waals surface area contributed by atoms with Gasteiger partial charge in [0, 0.05) is 12.3 Å². The quantitative estimate of drug-likeness (QED) is 0.339. The van der Waals surface area contributed by atoms with Gasteiger partial charge in [-0.25, -0.2) is 9.97 Å². The lowest BCUT2D eigenvalue weighted by Gasteiger charge is -2.20. The summed E-state index contributed by atoms with van der Waals surface area (Å²) < 4.78 is 5.24. The molecule has 0 bridgehead atoms. The van der Waals surface area contributed by atoms with E-state index in [4.69, 9.17) is 4.52 Å². The number of rotatable bonds is 7. The Morgan fingerprint density at radius 1 is 1.12 bits per heavy atom. The number of amides is 1. The molecule has 0 fully saturated rings. The summed E-state index contributed by atoms with van der Waals surface area (Å²) >= 11 is 0. The van der Waals surface area contributed by atoms with Crippen molar-refractivity contribution in [1.82, 2.24) is 25.4 Å². The van der Waals surface area contributed by atoms with Gasteiger partial charge < -0.3 is 25.6 Å². The van der Waals surface area contributed by atoms with E-state index in [-0.39, 0.29) is 24.6 Å². The van der Waals surface area contributed by atoms with Crippen molar-refractivity contribution < 1.29 is 14.4 Å². The molecule has 1 aromatic carbocycles. The van der Waals surface area contributed by atoms with Crippen molar-refractivity contribution in [2.45, 2.75) is 19.0 Å². The molecule has 2 atom stereocenters. The third-order valence-electron chi connectivity index (χ3n) is 5.39. The van der Waals surface area contributed by atoms with Crippen LogP contribution in [0.5, 0.6) is 0 Å². The number of carbonyl (C=O) groups is 1. The summed E-state index contributed by atoms with van der Waals surface area (Å²) in [4.78, 5) is 25.1. The second kappa shape index (κ2) is 8.67. The van der Waals surface area contributed by atoms with E-state index in [9.17, 15) is 9.90 Å². The second-order valence-electron chi connectivity index (χ2n) is 7.60. The second-order valence-corrected chi connectivity index (χ2v) is 7.60. The molecule has 3 aromatic heterocycles. The molecule has 4 aromatic rings. The minimum atomic E-state index is -0.362. The van der Waals surface area contributed by atoms with Gasteiger partial charge >= 0.3 is 0 Å². The van der Waals surface area contributed by atoms with Crippen LogP contribution >= 0.6 is 0 Å². The highest BCUT2D eigenvalue weighted by Crippen LogP contribution is 2.32. The molecule has 0 saturated carbocycles. The molecule has 10 nitrogen and oxygen atoms in total. The summed E-state index contributed by atoms with van der Waals surface area (Å²) in [5.41, 5.74) is 3.43. The number of aliphatic hydroxyl groups is 1. The molecule has 0 spiro atoms. The van der Waals surface area contributed by atoms with Crippen molar-refractivity contribution in [2.75, 3.05) is 17.2 Å². The molecule has 1 aliphatic heterocycles. The fourth-order valence-electron chi connectivity index (χ4n) is 3.75. The smallest absolute Gasteiger partial charge is 0.261 e. The zero-order valence-corrected chi connectivity index (χ0v) is 17.7. The molecular formula is C23H21N7O3. The molecule has 1 aliphatic rings. The van der Waals surface area contributed by atoms with Gasteiger partial charge in [-0.3, -0.25) is 4.79 Å². The Kier molecular flexibility index (Phi) is 5.41. The molecule has 166 valence electrons. The van der Waals surface area contributed by atoms with Crippen LogP contribution in [-0.4, -0.2) is 37.7 Å². The van der Waals surface area contributed by atoms with E-state index in [0.29, 0.717) is 40.0 Å². The lowest BCUT2D eigenvalue weighted by molar-refractivity contribution is 0.0958. The maximum absolute atomic E-state index is 12.0. The summed E-state index contributed by atoms with van der Waals surface area (Å²) in [5, 5.41) is 23.1. The van der Waals surface area contributed by atoms with Crippen molar-refractivity contribution in [2.24, 2.45) is 0 Å². The van der Waals surface area contributed by atoms with Gasteiger partial charge in [0.05, 0.1) is 41.2 Å². The Bertz CT molecular complexity index is 1280. The number of aromatic nitrogens is 4. The largest absolute Gasteiger partial charge is 0.394 e. The fraction of sp³-hybridized carbons (Fsp3) is 0.174. The van der Waals surface area contributed by atoms with Crippen molar-refractivity contribution in [1.29, 1.82) is 0 Å². The van der Waals surface area contributed by atoms with Gasteiger partial charge in [-0.05, 0) is 24.6 Å². The molecule has 10 heteroatoms. The Morgan fingerprint density at radius 2 is 1.97 bits per heavy atom. The minimum absolute atomic E-state index is 0.121. The predicted octanol–water partition coefficient (Wildman–Crippen LogP) is 3.22. The molecule has 5 rings (SSSR count). The predicted molar refractivity (Wildman–Crippen MR) is 121 cm³/mol.